The van der Waals surface area contributed by atoms with E-state index in [1.54, 1.807) is 6.92 Å². The Balaban J connectivity index is 2.66. The van der Waals surface area contributed by atoms with Crippen molar-refractivity contribution in [2.75, 3.05) is 6.61 Å². The third-order valence-electron chi connectivity index (χ3n) is 2.94. The standard InChI is InChI=1S/C12H18O4/c1-4-16-11(15)10(14)8-5-6-12(2,3)7-9(8)13/h8H,4-7H2,1-3H3. The van der Waals surface area contributed by atoms with E-state index in [-0.39, 0.29) is 17.8 Å². The van der Waals surface area contributed by atoms with Gasteiger partial charge in [-0.05, 0) is 25.2 Å². The van der Waals surface area contributed by atoms with Crippen LogP contribution in [0.4, 0.5) is 0 Å². The van der Waals surface area contributed by atoms with E-state index in [0.29, 0.717) is 12.8 Å². The SMILES string of the molecule is CCOC(=O)C(=O)C1CCC(C)(C)CC1=O. The van der Waals surface area contributed by atoms with E-state index in [1.807, 2.05) is 13.8 Å². The number of carbonyl (C=O) groups is 3. The molecule has 1 fully saturated rings. The van der Waals surface area contributed by atoms with Crippen LogP contribution in [-0.4, -0.2) is 24.1 Å². The molecule has 0 N–H and O–H groups in total. The highest BCUT2D eigenvalue weighted by Crippen LogP contribution is 2.36. The van der Waals surface area contributed by atoms with Gasteiger partial charge in [-0.2, -0.15) is 0 Å². The molecule has 1 aliphatic carbocycles. The maximum atomic E-state index is 11.7. The summed E-state index contributed by atoms with van der Waals surface area (Å²) < 4.78 is 4.62. The van der Waals surface area contributed by atoms with Crippen molar-refractivity contribution in [1.29, 1.82) is 0 Å². The molecule has 1 rings (SSSR count). The lowest BCUT2D eigenvalue weighted by Gasteiger charge is -2.31. The van der Waals surface area contributed by atoms with Gasteiger partial charge in [-0.15, -0.1) is 0 Å². The maximum absolute atomic E-state index is 11.7. The van der Waals surface area contributed by atoms with Crippen molar-refractivity contribution in [2.45, 2.75) is 40.0 Å². The van der Waals surface area contributed by atoms with Gasteiger partial charge < -0.3 is 4.74 Å². The van der Waals surface area contributed by atoms with Crippen molar-refractivity contribution in [3.8, 4) is 0 Å². The van der Waals surface area contributed by atoms with Crippen LogP contribution in [-0.2, 0) is 19.1 Å². The smallest absolute Gasteiger partial charge is 0.375 e. The molecule has 1 unspecified atom stereocenters. The number of Topliss-reactive ketones (excluding diaryl/α,β-unsaturated/α-hetero) is 2. The van der Waals surface area contributed by atoms with Crippen LogP contribution in [0.15, 0.2) is 0 Å². The minimum Gasteiger partial charge on any atom is -0.460 e. The fourth-order valence-corrected chi connectivity index (χ4v) is 2.00. The van der Waals surface area contributed by atoms with Gasteiger partial charge in [0.25, 0.3) is 0 Å². The van der Waals surface area contributed by atoms with Crippen molar-refractivity contribution in [3.63, 3.8) is 0 Å². The van der Waals surface area contributed by atoms with Crippen molar-refractivity contribution in [3.05, 3.63) is 0 Å². The predicted molar refractivity (Wildman–Crippen MR) is 57.8 cm³/mol. The lowest BCUT2D eigenvalue weighted by molar-refractivity contribution is -0.158. The zero-order chi connectivity index (χ0) is 12.3. The van der Waals surface area contributed by atoms with Gasteiger partial charge in [-0.1, -0.05) is 13.8 Å². The van der Waals surface area contributed by atoms with Gasteiger partial charge in [0.2, 0.25) is 5.78 Å². The Hall–Kier alpha value is -1.19. The Morgan fingerprint density at radius 2 is 2.06 bits per heavy atom. The van der Waals surface area contributed by atoms with Crippen molar-refractivity contribution in [2.24, 2.45) is 11.3 Å². The van der Waals surface area contributed by atoms with Crippen LogP contribution in [0, 0.1) is 11.3 Å². The molecule has 1 saturated carbocycles. The Morgan fingerprint density at radius 1 is 1.44 bits per heavy atom. The number of ketones is 2. The second-order valence-electron chi connectivity index (χ2n) is 4.98. The summed E-state index contributed by atoms with van der Waals surface area (Å²) in [5, 5.41) is 0. The minimum absolute atomic E-state index is 0.0531. The lowest BCUT2D eigenvalue weighted by Crippen LogP contribution is -2.38. The van der Waals surface area contributed by atoms with E-state index in [0.717, 1.165) is 6.42 Å². The van der Waals surface area contributed by atoms with Crippen LogP contribution in [0.1, 0.15) is 40.0 Å². The van der Waals surface area contributed by atoms with E-state index >= 15 is 0 Å². The molecule has 0 bridgehead atoms. The molecule has 0 aromatic carbocycles. The summed E-state index contributed by atoms with van der Waals surface area (Å²) in [4.78, 5) is 34.6. The molecule has 1 aliphatic rings. The van der Waals surface area contributed by atoms with E-state index in [1.165, 1.54) is 0 Å². The van der Waals surface area contributed by atoms with E-state index in [9.17, 15) is 14.4 Å². The van der Waals surface area contributed by atoms with Gasteiger partial charge >= 0.3 is 5.97 Å². The molecule has 16 heavy (non-hydrogen) atoms. The Kier molecular flexibility index (Phi) is 3.83. The summed E-state index contributed by atoms with van der Waals surface area (Å²) in [6.07, 6.45) is 1.61. The molecule has 0 heterocycles. The summed E-state index contributed by atoms with van der Waals surface area (Å²) >= 11 is 0. The first-order valence-electron chi connectivity index (χ1n) is 5.61. The highest BCUT2D eigenvalue weighted by atomic mass is 16.5. The third-order valence-corrected chi connectivity index (χ3v) is 2.94. The van der Waals surface area contributed by atoms with E-state index in [4.69, 9.17) is 0 Å². The molecule has 0 aromatic heterocycles. The van der Waals surface area contributed by atoms with Crippen molar-refractivity contribution < 1.29 is 19.1 Å². The fourth-order valence-electron chi connectivity index (χ4n) is 2.00. The molecule has 0 radical (unpaired) electrons. The highest BCUT2D eigenvalue weighted by molar-refractivity contribution is 6.38. The Bertz CT molecular complexity index is 317. The van der Waals surface area contributed by atoms with Crippen molar-refractivity contribution >= 4 is 17.5 Å². The van der Waals surface area contributed by atoms with Crippen LogP contribution in [0.3, 0.4) is 0 Å². The summed E-state index contributed by atoms with van der Waals surface area (Å²) in [6, 6.07) is 0. The van der Waals surface area contributed by atoms with Gasteiger partial charge in [-0.3, -0.25) is 9.59 Å². The molecule has 0 spiro atoms. The first kappa shape index (κ1) is 12.9. The molecule has 4 heteroatoms. The molecular formula is C12H18O4. The molecule has 4 nitrogen and oxygen atoms in total. The Morgan fingerprint density at radius 3 is 2.56 bits per heavy atom. The molecule has 1 atom stereocenters. The number of ether oxygens (including phenoxy) is 1. The molecular weight excluding hydrogens is 208 g/mol. The largest absolute Gasteiger partial charge is 0.460 e. The Labute approximate surface area is 95.3 Å². The predicted octanol–water partition coefficient (Wildman–Crippen LogP) is 1.51. The normalized spacial score (nSPS) is 23.9. The van der Waals surface area contributed by atoms with Crippen molar-refractivity contribution in [1.82, 2.24) is 0 Å². The topological polar surface area (TPSA) is 60.4 Å². The minimum atomic E-state index is -0.874. The summed E-state index contributed by atoms with van der Waals surface area (Å²) in [5.41, 5.74) is -0.0531. The number of rotatable bonds is 3. The quantitative estimate of drug-likeness (QED) is 0.416. The van der Waals surface area contributed by atoms with Gasteiger partial charge in [0.05, 0.1) is 12.5 Å². The number of hydrogen-bond acceptors (Lipinski definition) is 4. The van der Waals surface area contributed by atoms with Gasteiger partial charge in [0.1, 0.15) is 5.78 Å². The van der Waals surface area contributed by atoms with E-state index in [2.05, 4.69) is 4.74 Å². The zero-order valence-corrected chi connectivity index (χ0v) is 10.0. The second kappa shape index (κ2) is 4.76. The second-order valence-corrected chi connectivity index (χ2v) is 4.98. The van der Waals surface area contributed by atoms with Crippen LogP contribution in [0.25, 0.3) is 0 Å². The van der Waals surface area contributed by atoms with E-state index < -0.39 is 17.7 Å². The summed E-state index contributed by atoms with van der Waals surface area (Å²) in [7, 11) is 0. The van der Waals surface area contributed by atoms with Crippen LogP contribution in [0.2, 0.25) is 0 Å². The van der Waals surface area contributed by atoms with Gasteiger partial charge in [-0.25, -0.2) is 4.79 Å². The summed E-state index contributed by atoms with van der Waals surface area (Å²) in [5.74, 6) is -2.45. The first-order valence-corrected chi connectivity index (χ1v) is 5.61. The average Bonchev–Trinajstić information content (AvgIpc) is 2.16. The number of hydrogen-bond donors (Lipinski definition) is 0. The van der Waals surface area contributed by atoms with Crippen LogP contribution < -0.4 is 0 Å². The molecule has 0 aliphatic heterocycles. The monoisotopic (exact) mass is 226 g/mol. The molecule has 0 aromatic rings. The van der Waals surface area contributed by atoms with Crippen LogP contribution >= 0.6 is 0 Å². The molecule has 90 valence electrons. The summed E-state index contributed by atoms with van der Waals surface area (Å²) in [6.45, 7) is 5.79. The third kappa shape index (κ3) is 2.90. The highest BCUT2D eigenvalue weighted by Gasteiger charge is 2.39. The average molecular weight is 226 g/mol. The maximum Gasteiger partial charge on any atom is 0.375 e. The molecule has 0 saturated heterocycles. The molecule has 0 amide bonds. The number of carbonyl (C=O) groups excluding carboxylic acids is 3. The van der Waals surface area contributed by atoms with Gasteiger partial charge in [0.15, 0.2) is 0 Å². The fraction of sp³-hybridized carbons (Fsp3) is 0.750. The first-order chi connectivity index (χ1) is 7.37. The van der Waals surface area contributed by atoms with Gasteiger partial charge in [0, 0.05) is 6.42 Å². The van der Waals surface area contributed by atoms with Crippen LogP contribution in [0.5, 0.6) is 0 Å². The lowest BCUT2D eigenvalue weighted by atomic mass is 9.71. The number of esters is 1. The zero-order valence-electron chi connectivity index (χ0n) is 10.0.